The number of carbonyl (C=O) groups excluding carboxylic acids is 2. The smallest absolute Gasteiger partial charge is 0.330 e. The molecule has 8 nitrogen and oxygen atoms in total. The van der Waals surface area contributed by atoms with Gasteiger partial charge in [-0.05, 0) is 61.9 Å². The lowest BCUT2D eigenvalue weighted by molar-refractivity contribution is -0.238. The van der Waals surface area contributed by atoms with Crippen LogP contribution in [0.2, 0.25) is 0 Å². The molecule has 0 unspecified atom stereocenters. The average molecular weight is 519 g/mol. The molecule has 0 atom stereocenters. The molecule has 0 aliphatic rings. The predicted molar refractivity (Wildman–Crippen MR) is 124 cm³/mol. The largest absolute Gasteiger partial charge is 0.450 e. The van der Waals surface area contributed by atoms with Crippen LogP contribution in [0.4, 0.5) is 38.5 Å². The first-order chi connectivity index (χ1) is 16.2. The molecule has 0 aliphatic carbocycles. The molecule has 0 saturated carbocycles. The van der Waals surface area contributed by atoms with Crippen LogP contribution < -0.4 is 16.4 Å². The van der Waals surface area contributed by atoms with Crippen molar-refractivity contribution < 1.29 is 36.9 Å². The Morgan fingerprint density at radius 2 is 1.77 bits per heavy atom. The molecule has 2 amide bonds. The summed E-state index contributed by atoms with van der Waals surface area (Å²) < 4.78 is 53.3. The lowest BCUT2D eigenvalue weighted by Crippen LogP contribution is -2.21. The number of rotatable bonds is 7. The molecule has 0 aliphatic heterocycles. The number of benzene rings is 2. The summed E-state index contributed by atoms with van der Waals surface area (Å²) in [6.07, 6.45) is -4.71. The summed E-state index contributed by atoms with van der Waals surface area (Å²) in [6.45, 7) is 2.13. The Morgan fingerprint density at radius 3 is 2.37 bits per heavy atom. The molecule has 0 bridgehead atoms. The lowest BCUT2D eigenvalue weighted by Gasteiger charge is -2.11. The summed E-state index contributed by atoms with van der Waals surface area (Å²) in [7, 11) is 0. The number of alkyl halides is 3. The second-order valence-electron chi connectivity index (χ2n) is 7.14. The van der Waals surface area contributed by atoms with Gasteiger partial charge in [-0.15, -0.1) is 12.4 Å². The number of hydrogen-bond donors (Lipinski definition) is 3. The van der Waals surface area contributed by atoms with Gasteiger partial charge in [0, 0.05) is 11.1 Å². The van der Waals surface area contributed by atoms with E-state index in [0.29, 0.717) is 18.7 Å². The molecular weight excluding hydrogens is 496 g/mol. The number of halogens is 5. The highest BCUT2D eigenvalue weighted by atomic mass is 35.5. The summed E-state index contributed by atoms with van der Waals surface area (Å²) in [4.78, 5) is 34.9. The molecule has 3 aromatic rings. The van der Waals surface area contributed by atoms with Gasteiger partial charge in [0.05, 0.1) is 29.1 Å². The number of amides is 2. The SMILES string of the molecule is CCc1c(NC(=O)Nc2ccc(C(F)(F)F)cc2)c2cc(F)ccc2n1C(=O)OOCCCN.Cl. The zero-order chi connectivity index (χ0) is 24.9. The van der Waals surface area contributed by atoms with Crippen LogP contribution >= 0.6 is 12.4 Å². The maximum absolute atomic E-state index is 14.0. The van der Waals surface area contributed by atoms with E-state index < -0.39 is 29.7 Å². The molecule has 1 heterocycles. The minimum Gasteiger partial charge on any atom is -0.330 e. The zero-order valence-electron chi connectivity index (χ0n) is 18.4. The number of anilines is 2. The van der Waals surface area contributed by atoms with E-state index in [4.69, 9.17) is 15.5 Å². The normalized spacial score (nSPS) is 11.1. The van der Waals surface area contributed by atoms with Gasteiger partial charge < -0.3 is 16.4 Å². The van der Waals surface area contributed by atoms with Crippen molar-refractivity contribution in [3.05, 3.63) is 59.5 Å². The summed E-state index contributed by atoms with van der Waals surface area (Å²) in [5.41, 5.74) is 5.30. The van der Waals surface area contributed by atoms with Gasteiger partial charge in [0.15, 0.2) is 0 Å². The molecular formula is C22H23ClF4N4O4. The summed E-state index contributed by atoms with van der Waals surface area (Å²) in [5.74, 6) is -0.605. The van der Waals surface area contributed by atoms with Crippen LogP contribution in [0.5, 0.6) is 0 Å². The number of urea groups is 1. The van der Waals surface area contributed by atoms with Crippen molar-refractivity contribution in [2.75, 3.05) is 23.8 Å². The summed E-state index contributed by atoms with van der Waals surface area (Å²) in [6, 6.07) is 6.69. The first-order valence-electron chi connectivity index (χ1n) is 10.3. The molecule has 4 N–H and O–H groups in total. The first kappa shape index (κ1) is 27.9. The Bertz CT molecular complexity index is 1180. The van der Waals surface area contributed by atoms with Crippen LogP contribution in [0, 0.1) is 5.82 Å². The van der Waals surface area contributed by atoms with E-state index in [0.717, 1.165) is 41.0 Å². The van der Waals surface area contributed by atoms with E-state index in [9.17, 15) is 27.2 Å². The van der Waals surface area contributed by atoms with Crippen molar-refractivity contribution in [3.8, 4) is 0 Å². The number of fused-ring (bicyclic) bond motifs is 1. The lowest BCUT2D eigenvalue weighted by atomic mass is 10.2. The van der Waals surface area contributed by atoms with E-state index in [-0.39, 0.29) is 47.7 Å². The van der Waals surface area contributed by atoms with Crippen molar-refractivity contribution in [1.82, 2.24) is 4.57 Å². The fourth-order valence-electron chi connectivity index (χ4n) is 3.29. The second kappa shape index (κ2) is 11.9. The van der Waals surface area contributed by atoms with Crippen molar-refractivity contribution in [2.24, 2.45) is 5.73 Å². The Balaban J connectivity index is 0.00000432. The fourth-order valence-corrected chi connectivity index (χ4v) is 3.29. The third kappa shape index (κ3) is 6.62. The van der Waals surface area contributed by atoms with Gasteiger partial charge in [-0.1, -0.05) is 6.92 Å². The quantitative estimate of drug-likeness (QED) is 0.161. The molecule has 1 aromatic heterocycles. The summed E-state index contributed by atoms with van der Waals surface area (Å²) in [5, 5.41) is 5.19. The molecule has 13 heteroatoms. The topological polar surface area (TPSA) is 108 Å². The average Bonchev–Trinajstić information content (AvgIpc) is 3.08. The Morgan fingerprint density at radius 1 is 1.09 bits per heavy atom. The highest BCUT2D eigenvalue weighted by Gasteiger charge is 2.30. The van der Waals surface area contributed by atoms with Crippen LogP contribution in [0.3, 0.4) is 0 Å². The van der Waals surface area contributed by atoms with Gasteiger partial charge in [-0.3, -0.25) is 4.89 Å². The third-order valence-corrected chi connectivity index (χ3v) is 4.82. The number of hydrogen-bond acceptors (Lipinski definition) is 5. The highest BCUT2D eigenvalue weighted by Crippen LogP contribution is 2.33. The monoisotopic (exact) mass is 518 g/mol. The molecule has 190 valence electrons. The minimum atomic E-state index is -4.51. The number of nitrogens with one attached hydrogen (secondary N) is 2. The van der Waals surface area contributed by atoms with E-state index in [1.807, 2.05) is 0 Å². The maximum Gasteiger partial charge on any atom is 0.450 e. The predicted octanol–water partition coefficient (Wildman–Crippen LogP) is 5.69. The molecule has 0 radical (unpaired) electrons. The molecule has 35 heavy (non-hydrogen) atoms. The van der Waals surface area contributed by atoms with E-state index in [1.54, 1.807) is 6.92 Å². The van der Waals surface area contributed by atoms with Gasteiger partial charge in [0.2, 0.25) is 0 Å². The Hall–Kier alpha value is -3.35. The Kier molecular flexibility index (Phi) is 9.46. The number of carbonyl (C=O) groups is 2. The Labute approximate surface area is 203 Å². The van der Waals surface area contributed by atoms with Crippen molar-refractivity contribution in [2.45, 2.75) is 25.9 Å². The molecule has 2 aromatic carbocycles. The van der Waals surface area contributed by atoms with Gasteiger partial charge in [-0.2, -0.15) is 18.1 Å². The number of aromatic nitrogens is 1. The standard InChI is InChI=1S/C22H22F4N4O4.ClH/c1-2-17-19(29-20(31)28-15-7-4-13(5-8-15)22(24,25)26)16-12-14(23)6-9-18(16)30(17)21(32)34-33-11-3-10-27;/h4-9,12H,2-3,10-11,27H2,1H3,(H2,28,29,31);1H. The van der Waals surface area contributed by atoms with Crippen molar-refractivity contribution in [1.29, 1.82) is 0 Å². The van der Waals surface area contributed by atoms with E-state index in [2.05, 4.69) is 10.6 Å². The van der Waals surface area contributed by atoms with Crippen LogP contribution in [0.15, 0.2) is 42.5 Å². The molecule has 3 rings (SSSR count). The van der Waals surface area contributed by atoms with Crippen LogP contribution in [0.25, 0.3) is 10.9 Å². The van der Waals surface area contributed by atoms with E-state index >= 15 is 0 Å². The summed E-state index contributed by atoms with van der Waals surface area (Å²) >= 11 is 0. The van der Waals surface area contributed by atoms with Crippen molar-refractivity contribution >= 4 is 46.8 Å². The minimum absolute atomic E-state index is 0. The molecule has 0 fully saturated rings. The third-order valence-electron chi connectivity index (χ3n) is 4.82. The maximum atomic E-state index is 14.0. The zero-order valence-corrected chi connectivity index (χ0v) is 19.3. The van der Waals surface area contributed by atoms with Crippen molar-refractivity contribution in [3.63, 3.8) is 0 Å². The van der Waals surface area contributed by atoms with Gasteiger partial charge in [0.25, 0.3) is 0 Å². The highest BCUT2D eigenvalue weighted by molar-refractivity contribution is 6.09. The van der Waals surface area contributed by atoms with Crippen LogP contribution in [0.1, 0.15) is 24.6 Å². The van der Waals surface area contributed by atoms with Gasteiger partial charge in [-0.25, -0.2) is 18.5 Å². The molecule has 0 saturated heterocycles. The number of nitrogens with two attached hydrogens (primary N) is 1. The second-order valence-corrected chi connectivity index (χ2v) is 7.14. The first-order valence-corrected chi connectivity index (χ1v) is 10.3. The van der Waals surface area contributed by atoms with E-state index in [1.165, 1.54) is 6.07 Å². The van der Waals surface area contributed by atoms with Gasteiger partial charge >= 0.3 is 18.3 Å². The number of nitrogens with zero attached hydrogens (tertiary/aromatic N) is 1. The fraction of sp³-hybridized carbons (Fsp3) is 0.273. The van der Waals surface area contributed by atoms with Gasteiger partial charge in [0.1, 0.15) is 5.82 Å². The molecule has 0 spiro atoms. The van der Waals surface area contributed by atoms with Crippen LogP contribution in [-0.4, -0.2) is 29.8 Å². The van der Waals surface area contributed by atoms with Crippen LogP contribution in [-0.2, 0) is 22.4 Å².